The molecule has 0 spiro atoms. The van der Waals surface area contributed by atoms with Crippen LogP contribution in [0.4, 0.5) is 0 Å². The molecular weight excluding hydrogens is 414 g/mol. The molecule has 0 aliphatic rings. The normalized spacial score (nSPS) is 13.1. The maximum absolute atomic E-state index is 12.3. The first kappa shape index (κ1) is 26.4. The summed E-state index contributed by atoms with van der Waals surface area (Å²) in [5, 5.41) is 7.47. The van der Waals surface area contributed by atoms with Gasteiger partial charge in [-0.25, -0.2) is 0 Å². The molecule has 1 aromatic carbocycles. The van der Waals surface area contributed by atoms with E-state index in [1.165, 1.54) is 5.56 Å². The molecular formula is C26H39N5O2. The van der Waals surface area contributed by atoms with Crippen molar-refractivity contribution >= 4 is 12.1 Å². The van der Waals surface area contributed by atoms with E-state index < -0.39 is 0 Å². The Kier molecular flexibility index (Phi) is 10.9. The molecule has 33 heavy (non-hydrogen) atoms. The number of methoxy groups -OCH3 is 1. The molecule has 0 fully saturated rings. The highest BCUT2D eigenvalue weighted by Crippen LogP contribution is 2.30. The number of aromatic nitrogens is 1. The Morgan fingerprint density at radius 1 is 1.21 bits per heavy atom. The van der Waals surface area contributed by atoms with Gasteiger partial charge >= 0.3 is 0 Å². The number of ether oxygens (including phenoxy) is 1. The first-order valence-electron chi connectivity index (χ1n) is 11.6. The quantitative estimate of drug-likeness (QED) is 0.101. The smallest absolute Gasteiger partial charge is 0.168 e. The lowest BCUT2D eigenvalue weighted by Gasteiger charge is -2.16. The van der Waals surface area contributed by atoms with Gasteiger partial charge in [-0.15, -0.1) is 0 Å². The summed E-state index contributed by atoms with van der Waals surface area (Å²) < 4.78 is 7.05. The zero-order chi connectivity index (χ0) is 24.2. The van der Waals surface area contributed by atoms with Crippen molar-refractivity contribution in [1.29, 1.82) is 0 Å². The van der Waals surface area contributed by atoms with Crippen LogP contribution in [-0.4, -0.2) is 51.0 Å². The number of carbonyl (C=O) groups is 1. The fraction of sp³-hybridized carbons (Fsp3) is 0.462. The van der Waals surface area contributed by atoms with E-state index in [1.807, 2.05) is 23.9 Å². The highest BCUT2D eigenvalue weighted by Gasteiger charge is 2.24. The minimum Gasteiger partial charge on any atom is -0.381 e. The summed E-state index contributed by atoms with van der Waals surface area (Å²) in [6, 6.07) is 8.37. The monoisotopic (exact) mass is 453 g/mol. The van der Waals surface area contributed by atoms with Crippen LogP contribution < -0.4 is 16.5 Å². The lowest BCUT2D eigenvalue weighted by molar-refractivity contribution is 0.112. The first-order chi connectivity index (χ1) is 16.0. The van der Waals surface area contributed by atoms with Crippen molar-refractivity contribution in [3.8, 4) is 5.69 Å². The fourth-order valence-corrected chi connectivity index (χ4v) is 4.03. The van der Waals surface area contributed by atoms with E-state index in [0.29, 0.717) is 23.8 Å². The van der Waals surface area contributed by atoms with E-state index in [9.17, 15) is 4.79 Å². The van der Waals surface area contributed by atoms with Crippen molar-refractivity contribution in [3.63, 3.8) is 0 Å². The summed E-state index contributed by atoms with van der Waals surface area (Å²) in [6.07, 6.45) is 10.0. The summed E-state index contributed by atoms with van der Waals surface area (Å²) in [5.41, 5.74) is 13.5. The standard InChI is InChI=1S/C26H39N5O2/c1-19(2)20-11-13-22(14-12-20)31-17-23(24(18-32)25(31)26(27)30-29-4)21(16-28-3)10-8-6-7-9-15-33-5/h7,9,11-14,17-19,21,28-29H,6,8,10,15-16H2,1-5H3,(H2,27,30)/b9-7+. The molecule has 0 amide bonds. The van der Waals surface area contributed by atoms with Gasteiger partial charge in [0, 0.05) is 38.1 Å². The first-order valence-corrected chi connectivity index (χ1v) is 11.6. The van der Waals surface area contributed by atoms with Gasteiger partial charge in [0.25, 0.3) is 0 Å². The summed E-state index contributed by atoms with van der Waals surface area (Å²) in [6.45, 7) is 5.73. The van der Waals surface area contributed by atoms with Crippen LogP contribution in [0, 0.1) is 0 Å². The Labute approximate surface area is 198 Å². The second kappa shape index (κ2) is 13.6. The number of hydrogen-bond donors (Lipinski definition) is 3. The highest BCUT2D eigenvalue weighted by molar-refractivity contribution is 6.04. The SMILES string of the molecule is CNCC(CCC/C=C/COC)c1cn(-c2ccc(C(C)C)cc2)c(/C(N)=N\NC)c1C=O. The molecule has 0 saturated heterocycles. The Hall–Kier alpha value is -2.90. The van der Waals surface area contributed by atoms with Crippen LogP contribution in [0.1, 0.15) is 72.1 Å². The van der Waals surface area contributed by atoms with Gasteiger partial charge in [-0.2, -0.15) is 5.10 Å². The van der Waals surface area contributed by atoms with E-state index in [0.717, 1.165) is 43.3 Å². The van der Waals surface area contributed by atoms with Gasteiger partial charge in [-0.1, -0.05) is 38.1 Å². The minimum absolute atomic E-state index is 0.170. The minimum atomic E-state index is 0.170. The molecule has 7 heteroatoms. The molecule has 0 aliphatic heterocycles. The Morgan fingerprint density at radius 2 is 1.94 bits per heavy atom. The number of nitrogens with one attached hydrogen (secondary N) is 2. The third-order valence-corrected chi connectivity index (χ3v) is 5.75. The average Bonchev–Trinajstić information content (AvgIpc) is 3.20. The lowest BCUT2D eigenvalue weighted by Crippen LogP contribution is -2.22. The van der Waals surface area contributed by atoms with E-state index in [-0.39, 0.29) is 11.8 Å². The van der Waals surface area contributed by atoms with Crippen LogP contribution >= 0.6 is 0 Å². The van der Waals surface area contributed by atoms with Crippen LogP contribution in [0.3, 0.4) is 0 Å². The van der Waals surface area contributed by atoms with Gasteiger partial charge in [0.05, 0.1) is 6.61 Å². The summed E-state index contributed by atoms with van der Waals surface area (Å²) in [4.78, 5) is 12.3. The third-order valence-electron chi connectivity index (χ3n) is 5.75. The predicted octanol–water partition coefficient (Wildman–Crippen LogP) is 3.93. The zero-order valence-corrected chi connectivity index (χ0v) is 20.6. The summed E-state index contributed by atoms with van der Waals surface area (Å²) in [5.74, 6) is 0.894. The molecule has 0 saturated carbocycles. The number of nitrogens with two attached hydrogens (primary N) is 1. The molecule has 0 radical (unpaired) electrons. The number of benzene rings is 1. The number of carbonyl (C=O) groups excluding carboxylic acids is 1. The van der Waals surface area contributed by atoms with Gasteiger partial charge in [-0.05, 0) is 61.4 Å². The molecule has 1 aromatic heterocycles. The van der Waals surface area contributed by atoms with Crippen molar-refractivity contribution in [2.75, 3.05) is 34.4 Å². The largest absolute Gasteiger partial charge is 0.381 e. The van der Waals surface area contributed by atoms with Gasteiger partial charge in [0.15, 0.2) is 12.1 Å². The molecule has 4 N–H and O–H groups in total. The maximum Gasteiger partial charge on any atom is 0.168 e. The van der Waals surface area contributed by atoms with Crippen LogP contribution in [-0.2, 0) is 4.74 Å². The molecule has 0 bridgehead atoms. The molecule has 1 unspecified atom stereocenters. The Morgan fingerprint density at radius 3 is 2.52 bits per heavy atom. The second-order valence-electron chi connectivity index (χ2n) is 8.41. The highest BCUT2D eigenvalue weighted by atomic mass is 16.5. The fourth-order valence-electron chi connectivity index (χ4n) is 4.03. The maximum atomic E-state index is 12.3. The third kappa shape index (κ3) is 7.04. The Bertz CT molecular complexity index is 929. The lowest BCUT2D eigenvalue weighted by atomic mass is 9.92. The summed E-state index contributed by atoms with van der Waals surface area (Å²) >= 11 is 0. The van der Waals surface area contributed by atoms with E-state index in [2.05, 4.69) is 60.0 Å². The molecule has 180 valence electrons. The second-order valence-corrected chi connectivity index (χ2v) is 8.41. The van der Waals surface area contributed by atoms with Crippen LogP contribution in [0.5, 0.6) is 0 Å². The Balaban J connectivity index is 2.49. The number of likely N-dealkylation sites (N-methyl/N-ethyl adjacent to an activating group) is 1. The number of nitrogens with zero attached hydrogens (tertiary/aromatic N) is 2. The number of hydrogen-bond acceptors (Lipinski definition) is 5. The molecule has 1 heterocycles. The van der Waals surface area contributed by atoms with Crippen LogP contribution in [0.25, 0.3) is 5.69 Å². The topological polar surface area (TPSA) is 93.7 Å². The van der Waals surface area contributed by atoms with Crippen molar-refractivity contribution in [1.82, 2.24) is 15.3 Å². The zero-order valence-electron chi connectivity index (χ0n) is 20.6. The predicted molar refractivity (Wildman–Crippen MR) is 137 cm³/mol. The van der Waals surface area contributed by atoms with Crippen LogP contribution in [0.15, 0.2) is 47.7 Å². The van der Waals surface area contributed by atoms with E-state index in [4.69, 9.17) is 10.5 Å². The number of allylic oxidation sites excluding steroid dienone is 1. The number of hydrazone groups is 1. The van der Waals surface area contributed by atoms with Gasteiger partial charge in [0.1, 0.15) is 5.69 Å². The van der Waals surface area contributed by atoms with Gasteiger partial charge in [0.2, 0.25) is 0 Å². The molecule has 7 nitrogen and oxygen atoms in total. The van der Waals surface area contributed by atoms with Crippen molar-refractivity contribution in [3.05, 3.63) is 65.0 Å². The summed E-state index contributed by atoms with van der Waals surface area (Å²) in [7, 11) is 5.32. The number of amidine groups is 1. The van der Waals surface area contributed by atoms with E-state index >= 15 is 0 Å². The van der Waals surface area contributed by atoms with Crippen LogP contribution in [0.2, 0.25) is 0 Å². The molecule has 2 rings (SSSR count). The number of rotatable bonds is 14. The van der Waals surface area contributed by atoms with Crippen molar-refractivity contribution in [2.24, 2.45) is 10.8 Å². The molecule has 0 aliphatic carbocycles. The molecule has 1 atom stereocenters. The van der Waals surface area contributed by atoms with Gasteiger partial charge in [-0.3, -0.25) is 4.79 Å². The molecule has 2 aromatic rings. The van der Waals surface area contributed by atoms with E-state index in [1.54, 1.807) is 14.2 Å². The van der Waals surface area contributed by atoms with Gasteiger partial charge < -0.3 is 25.8 Å². The van der Waals surface area contributed by atoms with Crippen molar-refractivity contribution in [2.45, 2.75) is 44.9 Å². The number of aldehydes is 1. The van der Waals surface area contributed by atoms with Crippen molar-refractivity contribution < 1.29 is 9.53 Å². The average molecular weight is 454 g/mol. The number of unbranched alkanes of at least 4 members (excludes halogenated alkanes) is 1.